The minimum absolute atomic E-state index is 0.181. The summed E-state index contributed by atoms with van der Waals surface area (Å²) in [5.74, 6) is 0.699. The fraction of sp³-hybridized carbons (Fsp3) is 0.857. The van der Waals surface area contributed by atoms with Crippen molar-refractivity contribution in [1.82, 2.24) is 0 Å². The lowest BCUT2D eigenvalue weighted by Gasteiger charge is -2.05. The lowest BCUT2D eigenvalue weighted by atomic mass is 10.2. The van der Waals surface area contributed by atoms with Crippen molar-refractivity contribution in [2.24, 2.45) is 5.92 Å². The van der Waals surface area contributed by atoms with Crippen LogP contribution in [-0.4, -0.2) is 26.2 Å². The van der Waals surface area contributed by atoms with Crippen LogP contribution in [-0.2, 0) is 9.47 Å². The summed E-state index contributed by atoms with van der Waals surface area (Å²) in [6.07, 6.45) is 0. The Kier molecular flexibility index (Phi) is 4.94. The van der Waals surface area contributed by atoms with E-state index in [1.54, 1.807) is 0 Å². The molecule has 0 spiro atoms. The van der Waals surface area contributed by atoms with Gasteiger partial charge in [-0.15, -0.1) is 0 Å². The minimum atomic E-state index is 0.181. The highest BCUT2D eigenvalue weighted by molar-refractivity contribution is 5.73. The third kappa shape index (κ3) is 5.56. The number of hydrogen-bond donors (Lipinski definition) is 1. The number of hydrogen-bond acceptors (Lipinski definition) is 3. The van der Waals surface area contributed by atoms with Crippen molar-refractivity contribution in [3.05, 3.63) is 0 Å². The van der Waals surface area contributed by atoms with Gasteiger partial charge in [0.25, 0.3) is 0 Å². The van der Waals surface area contributed by atoms with E-state index in [0.29, 0.717) is 12.5 Å². The molecule has 3 nitrogen and oxygen atoms in total. The molecule has 0 unspecified atom stereocenters. The Morgan fingerprint density at radius 2 is 2.10 bits per heavy atom. The van der Waals surface area contributed by atoms with Gasteiger partial charge in [0.1, 0.15) is 6.61 Å². The van der Waals surface area contributed by atoms with E-state index in [0.717, 1.165) is 0 Å². The van der Waals surface area contributed by atoms with Crippen LogP contribution in [0.25, 0.3) is 0 Å². The first kappa shape index (κ1) is 9.43. The monoisotopic (exact) mass is 145 g/mol. The molecule has 0 aromatic rings. The Labute approximate surface area is 61.8 Å². The molecule has 0 saturated heterocycles. The largest absolute Gasteiger partial charge is 0.483 e. The topological polar surface area (TPSA) is 42.3 Å². The van der Waals surface area contributed by atoms with E-state index in [-0.39, 0.29) is 12.5 Å². The summed E-state index contributed by atoms with van der Waals surface area (Å²) >= 11 is 0. The zero-order valence-corrected chi connectivity index (χ0v) is 6.81. The highest BCUT2D eigenvalue weighted by Crippen LogP contribution is 1.91. The molecule has 0 aromatic heterocycles. The molecule has 0 aliphatic heterocycles. The Morgan fingerprint density at radius 3 is 2.50 bits per heavy atom. The van der Waals surface area contributed by atoms with Gasteiger partial charge in [0, 0.05) is 6.61 Å². The van der Waals surface area contributed by atoms with E-state index in [1.807, 2.05) is 0 Å². The van der Waals surface area contributed by atoms with E-state index in [9.17, 15) is 0 Å². The minimum Gasteiger partial charge on any atom is -0.483 e. The van der Waals surface area contributed by atoms with Crippen LogP contribution in [0.5, 0.6) is 0 Å². The smallest absolute Gasteiger partial charge is 0.206 e. The SMILES string of the molecule is COC(=N)COCC(C)C. The van der Waals surface area contributed by atoms with Gasteiger partial charge in [-0.3, -0.25) is 5.41 Å². The summed E-state index contributed by atoms with van der Waals surface area (Å²) in [6, 6.07) is 0. The van der Waals surface area contributed by atoms with Gasteiger partial charge in [-0.2, -0.15) is 0 Å². The predicted octanol–water partition coefficient (Wildman–Crippen LogP) is 1.28. The molecule has 0 atom stereocenters. The molecule has 0 aromatic carbocycles. The Bertz CT molecular complexity index is 102. The molecular weight excluding hydrogens is 130 g/mol. The third-order valence-electron chi connectivity index (χ3n) is 0.931. The van der Waals surface area contributed by atoms with Crippen molar-refractivity contribution in [2.75, 3.05) is 20.3 Å². The number of rotatable bonds is 4. The summed E-state index contributed by atoms with van der Waals surface area (Å²) in [6.45, 7) is 5.10. The van der Waals surface area contributed by atoms with E-state index >= 15 is 0 Å². The second-order valence-corrected chi connectivity index (χ2v) is 2.54. The summed E-state index contributed by atoms with van der Waals surface area (Å²) < 4.78 is 9.69. The van der Waals surface area contributed by atoms with Crippen LogP contribution in [0.2, 0.25) is 0 Å². The number of nitrogens with one attached hydrogen (secondary N) is 1. The van der Waals surface area contributed by atoms with Crippen molar-refractivity contribution < 1.29 is 9.47 Å². The predicted molar refractivity (Wildman–Crippen MR) is 40.4 cm³/mol. The average Bonchev–Trinajstić information content (AvgIpc) is 1.87. The highest BCUT2D eigenvalue weighted by Gasteiger charge is 1.96. The Morgan fingerprint density at radius 1 is 1.50 bits per heavy atom. The van der Waals surface area contributed by atoms with Crippen molar-refractivity contribution in [2.45, 2.75) is 13.8 Å². The molecule has 0 heterocycles. The molecule has 0 rings (SSSR count). The van der Waals surface area contributed by atoms with Crippen molar-refractivity contribution in [3.8, 4) is 0 Å². The second-order valence-electron chi connectivity index (χ2n) is 2.54. The summed E-state index contributed by atoms with van der Waals surface area (Å²) in [7, 11) is 1.47. The third-order valence-corrected chi connectivity index (χ3v) is 0.931. The quantitative estimate of drug-likeness (QED) is 0.478. The first-order valence-corrected chi connectivity index (χ1v) is 3.36. The molecule has 0 aliphatic carbocycles. The Hall–Kier alpha value is -0.570. The van der Waals surface area contributed by atoms with Gasteiger partial charge in [0.2, 0.25) is 5.90 Å². The second kappa shape index (κ2) is 5.23. The Balaban J connectivity index is 3.12. The molecule has 60 valence electrons. The number of methoxy groups -OCH3 is 1. The first-order chi connectivity index (χ1) is 4.66. The first-order valence-electron chi connectivity index (χ1n) is 3.36. The van der Waals surface area contributed by atoms with E-state index in [2.05, 4.69) is 18.6 Å². The van der Waals surface area contributed by atoms with Crippen molar-refractivity contribution in [1.29, 1.82) is 5.41 Å². The fourth-order valence-electron chi connectivity index (χ4n) is 0.446. The zero-order valence-electron chi connectivity index (χ0n) is 6.81. The molecular formula is C7H15NO2. The molecule has 0 aliphatic rings. The standard InChI is InChI=1S/C7H15NO2/c1-6(2)4-10-5-7(8)9-3/h6,8H,4-5H2,1-3H3. The molecule has 0 amide bonds. The van der Waals surface area contributed by atoms with E-state index in [1.165, 1.54) is 7.11 Å². The van der Waals surface area contributed by atoms with Gasteiger partial charge in [-0.1, -0.05) is 13.8 Å². The molecule has 1 N–H and O–H groups in total. The fourth-order valence-corrected chi connectivity index (χ4v) is 0.446. The molecule has 0 saturated carbocycles. The van der Waals surface area contributed by atoms with Crippen LogP contribution >= 0.6 is 0 Å². The molecule has 10 heavy (non-hydrogen) atoms. The maximum absolute atomic E-state index is 7.03. The van der Waals surface area contributed by atoms with Crippen molar-refractivity contribution >= 4 is 5.90 Å². The zero-order chi connectivity index (χ0) is 7.98. The average molecular weight is 145 g/mol. The van der Waals surface area contributed by atoms with Gasteiger partial charge < -0.3 is 9.47 Å². The van der Waals surface area contributed by atoms with Gasteiger partial charge in [0.05, 0.1) is 7.11 Å². The van der Waals surface area contributed by atoms with Crippen LogP contribution in [0.3, 0.4) is 0 Å². The molecule has 0 bridgehead atoms. The summed E-state index contributed by atoms with van der Waals surface area (Å²) in [5.41, 5.74) is 0. The molecule has 0 radical (unpaired) electrons. The van der Waals surface area contributed by atoms with Crippen LogP contribution in [0.4, 0.5) is 0 Å². The van der Waals surface area contributed by atoms with Gasteiger partial charge in [-0.05, 0) is 5.92 Å². The lowest BCUT2D eigenvalue weighted by molar-refractivity contribution is 0.130. The maximum atomic E-state index is 7.03. The summed E-state index contributed by atoms with van der Waals surface area (Å²) in [4.78, 5) is 0. The maximum Gasteiger partial charge on any atom is 0.206 e. The number of ether oxygens (including phenoxy) is 2. The van der Waals surface area contributed by atoms with Crippen LogP contribution in [0.1, 0.15) is 13.8 Å². The van der Waals surface area contributed by atoms with Gasteiger partial charge >= 0.3 is 0 Å². The van der Waals surface area contributed by atoms with Gasteiger partial charge in [0.15, 0.2) is 0 Å². The molecule has 0 fully saturated rings. The summed E-state index contributed by atoms with van der Waals surface area (Å²) in [5, 5.41) is 7.03. The lowest BCUT2D eigenvalue weighted by Crippen LogP contribution is -2.12. The van der Waals surface area contributed by atoms with Crippen LogP contribution in [0, 0.1) is 11.3 Å². The van der Waals surface area contributed by atoms with Gasteiger partial charge in [-0.25, -0.2) is 0 Å². The van der Waals surface area contributed by atoms with E-state index < -0.39 is 0 Å². The normalized spacial score (nSPS) is 10.0. The highest BCUT2D eigenvalue weighted by atomic mass is 16.5. The van der Waals surface area contributed by atoms with Crippen LogP contribution < -0.4 is 0 Å². The van der Waals surface area contributed by atoms with Crippen molar-refractivity contribution in [3.63, 3.8) is 0 Å². The molecule has 3 heteroatoms. The van der Waals surface area contributed by atoms with Crippen LogP contribution in [0.15, 0.2) is 0 Å². The van der Waals surface area contributed by atoms with E-state index in [4.69, 9.17) is 10.1 Å².